The minimum atomic E-state index is 0. The van der Waals surface area contributed by atoms with Gasteiger partial charge in [-0.15, -0.1) is 53.6 Å². The molecule has 0 unspecified atom stereocenters. The Morgan fingerprint density at radius 2 is 1.25 bits per heavy atom. The summed E-state index contributed by atoms with van der Waals surface area (Å²) in [7, 11) is 0. The van der Waals surface area contributed by atoms with Gasteiger partial charge in [0.2, 0.25) is 5.89 Å². The summed E-state index contributed by atoms with van der Waals surface area (Å²) in [5.74, 6) is 2.61. The van der Waals surface area contributed by atoms with Crippen molar-refractivity contribution < 1.29 is 24.5 Å². The summed E-state index contributed by atoms with van der Waals surface area (Å²) in [5, 5.41) is 0. The van der Waals surface area contributed by atoms with Crippen LogP contribution < -0.4 is 0 Å². The zero-order chi connectivity index (χ0) is 45.0. The van der Waals surface area contributed by atoms with Crippen LogP contribution in [0.5, 0.6) is 0 Å². The van der Waals surface area contributed by atoms with Gasteiger partial charge < -0.3 is 14.0 Å². The van der Waals surface area contributed by atoms with Gasteiger partial charge in [-0.05, 0) is 112 Å². The number of rotatable bonds is 9. The van der Waals surface area contributed by atoms with E-state index in [9.17, 15) is 0 Å². The summed E-state index contributed by atoms with van der Waals surface area (Å²) >= 11 is 0. The quantitative estimate of drug-likeness (QED) is 0.135. The van der Waals surface area contributed by atoms with E-state index in [0.29, 0.717) is 17.3 Å². The van der Waals surface area contributed by atoms with E-state index in [1.807, 2.05) is 72.8 Å². The van der Waals surface area contributed by atoms with Crippen LogP contribution >= 0.6 is 0 Å². The maximum absolute atomic E-state index is 6.64. The van der Waals surface area contributed by atoms with Gasteiger partial charge >= 0.3 is 0 Å². The first-order valence-electron chi connectivity index (χ1n) is 23.5. The maximum Gasteiger partial charge on any atom is 0.216 e. The molecule has 11 rings (SSSR count). The van der Waals surface area contributed by atoms with Crippen LogP contribution in [0.15, 0.2) is 180 Å². The van der Waals surface area contributed by atoms with Gasteiger partial charge in [-0.2, -0.15) is 0 Å². The van der Waals surface area contributed by atoms with Crippen molar-refractivity contribution in [3.8, 4) is 62.0 Å². The first-order chi connectivity index (χ1) is 32.4. The SMILES string of the molecule is CC(C)c1cc(-c2ccccc2)cc(C(C)C)c1-n1c(-c2[c-]c3nc(-c4ccccc4)oc3c(-c3ccc(C4CCCCC4)cc3)c2)nc2ccccc21.[Ir].[c-]1ccccc1-c1ccccn1. The second kappa shape index (κ2) is 20.4. The molecular formula is C61H54IrN4O-2. The fourth-order valence-corrected chi connectivity index (χ4v) is 9.49. The average molecular weight is 1050 g/mol. The van der Waals surface area contributed by atoms with Gasteiger partial charge in [0.15, 0.2) is 0 Å². The Balaban J connectivity index is 0.000000375. The summed E-state index contributed by atoms with van der Waals surface area (Å²) in [6.45, 7) is 9.18. The monoisotopic (exact) mass is 1050 g/mol. The zero-order valence-electron chi connectivity index (χ0n) is 38.5. The number of nitrogens with zero attached hydrogens (tertiary/aromatic N) is 4. The van der Waals surface area contributed by atoms with Gasteiger partial charge in [-0.1, -0.05) is 150 Å². The van der Waals surface area contributed by atoms with Crippen LogP contribution in [-0.4, -0.2) is 19.5 Å². The Kier molecular flexibility index (Phi) is 13.9. The summed E-state index contributed by atoms with van der Waals surface area (Å²) < 4.78 is 9.03. The molecule has 7 aromatic carbocycles. The Hall–Kier alpha value is -6.72. The molecule has 1 aliphatic rings. The number of fused-ring (bicyclic) bond motifs is 2. The molecule has 0 spiro atoms. The molecule has 335 valence electrons. The normalized spacial score (nSPS) is 12.9. The Labute approximate surface area is 408 Å². The predicted molar refractivity (Wildman–Crippen MR) is 272 cm³/mol. The second-order valence-electron chi connectivity index (χ2n) is 18.0. The fraction of sp³-hybridized carbons (Fsp3) is 0.197. The number of hydrogen-bond acceptors (Lipinski definition) is 4. The van der Waals surface area contributed by atoms with Crippen LogP contribution in [0.4, 0.5) is 0 Å². The first kappa shape index (κ1) is 45.4. The largest absolute Gasteiger partial charge is 0.484 e. The van der Waals surface area contributed by atoms with Crippen LogP contribution in [0, 0.1) is 12.1 Å². The fourth-order valence-electron chi connectivity index (χ4n) is 9.49. The number of imidazole rings is 1. The third-order valence-electron chi connectivity index (χ3n) is 12.9. The molecule has 0 saturated heterocycles. The van der Waals surface area contributed by atoms with Crippen molar-refractivity contribution in [1.29, 1.82) is 0 Å². The third-order valence-corrected chi connectivity index (χ3v) is 12.9. The first-order valence-corrected chi connectivity index (χ1v) is 23.5. The van der Waals surface area contributed by atoms with Crippen LogP contribution in [0.3, 0.4) is 0 Å². The summed E-state index contributed by atoms with van der Waals surface area (Å²) in [6.07, 6.45) is 8.32. The zero-order valence-corrected chi connectivity index (χ0v) is 40.9. The van der Waals surface area contributed by atoms with E-state index in [2.05, 4.69) is 146 Å². The van der Waals surface area contributed by atoms with E-state index >= 15 is 0 Å². The summed E-state index contributed by atoms with van der Waals surface area (Å²) in [4.78, 5) is 14.7. The van der Waals surface area contributed by atoms with Gasteiger partial charge in [0.25, 0.3) is 0 Å². The van der Waals surface area contributed by atoms with Gasteiger partial charge in [-0.25, -0.2) is 4.98 Å². The van der Waals surface area contributed by atoms with Crippen molar-refractivity contribution in [3.63, 3.8) is 0 Å². The average Bonchev–Trinajstić information content (AvgIpc) is 4.00. The molecule has 0 bridgehead atoms. The number of oxazole rings is 1. The van der Waals surface area contributed by atoms with Gasteiger partial charge in [0.1, 0.15) is 0 Å². The number of hydrogen-bond donors (Lipinski definition) is 0. The number of pyridine rings is 1. The molecule has 0 atom stereocenters. The van der Waals surface area contributed by atoms with Crippen molar-refractivity contribution in [3.05, 3.63) is 205 Å². The maximum atomic E-state index is 6.64. The van der Waals surface area contributed by atoms with Crippen LogP contribution in [0.2, 0.25) is 0 Å². The molecule has 1 saturated carbocycles. The number of benzene rings is 7. The molecule has 10 aromatic rings. The minimum Gasteiger partial charge on any atom is -0.484 e. The molecule has 1 aliphatic carbocycles. The molecule has 3 heterocycles. The van der Waals surface area contributed by atoms with Crippen molar-refractivity contribution in [1.82, 2.24) is 19.5 Å². The summed E-state index contributed by atoms with van der Waals surface area (Å²) in [6, 6.07) is 66.1. The van der Waals surface area contributed by atoms with Crippen molar-refractivity contribution >= 4 is 22.1 Å². The molecule has 6 heteroatoms. The Morgan fingerprint density at radius 1 is 0.597 bits per heavy atom. The minimum absolute atomic E-state index is 0. The molecule has 0 amide bonds. The third kappa shape index (κ3) is 9.61. The molecule has 5 nitrogen and oxygen atoms in total. The standard InChI is InChI=1S/C50H46N3O.C11H8N.Ir/c1-32(2)41-28-39(35-18-10-6-11-19-35)29-42(33(3)4)47(41)53-46-23-15-14-22-44(46)51-49(53)40-30-43(37-26-24-36(25-27-37)34-16-8-5-9-17-34)48-45(31-40)52-50(54-48)38-20-12-7-13-21-38;1-2-6-10(7-3-1)11-8-4-5-9-12-11;/h6-7,10-15,18-30,32-34H,5,8-9,16-17H2,1-4H3;1-6,8-9H;/q2*-1;. The Morgan fingerprint density at radius 3 is 1.91 bits per heavy atom. The van der Waals surface area contributed by atoms with Crippen molar-refractivity contribution in [2.45, 2.75) is 77.6 Å². The van der Waals surface area contributed by atoms with E-state index in [0.717, 1.165) is 56.0 Å². The Bertz CT molecular complexity index is 3140. The molecule has 1 radical (unpaired) electrons. The molecule has 67 heavy (non-hydrogen) atoms. The van der Waals surface area contributed by atoms with Crippen molar-refractivity contribution in [2.75, 3.05) is 0 Å². The molecular weight excluding hydrogens is 997 g/mol. The van der Waals surface area contributed by atoms with E-state index < -0.39 is 0 Å². The van der Waals surface area contributed by atoms with Crippen molar-refractivity contribution in [2.24, 2.45) is 0 Å². The number of aromatic nitrogens is 4. The van der Waals surface area contributed by atoms with E-state index in [1.165, 1.54) is 65.6 Å². The van der Waals surface area contributed by atoms with Gasteiger partial charge in [0, 0.05) is 43.1 Å². The topological polar surface area (TPSA) is 56.7 Å². The van der Waals surface area contributed by atoms with Crippen LogP contribution in [-0.2, 0) is 20.1 Å². The predicted octanol–water partition coefficient (Wildman–Crippen LogP) is 16.5. The van der Waals surface area contributed by atoms with E-state index in [4.69, 9.17) is 14.4 Å². The summed E-state index contributed by atoms with van der Waals surface area (Å²) in [5.41, 5.74) is 17.1. The molecule has 1 fully saturated rings. The van der Waals surface area contributed by atoms with Crippen LogP contribution in [0.25, 0.3) is 84.2 Å². The molecule has 0 N–H and O–H groups in total. The van der Waals surface area contributed by atoms with Gasteiger partial charge in [0.05, 0.1) is 22.4 Å². The van der Waals surface area contributed by atoms with E-state index in [1.54, 1.807) is 6.20 Å². The van der Waals surface area contributed by atoms with Gasteiger partial charge in [-0.3, -0.25) is 4.98 Å². The molecule has 3 aromatic heterocycles. The smallest absolute Gasteiger partial charge is 0.216 e. The van der Waals surface area contributed by atoms with Crippen LogP contribution in [0.1, 0.15) is 94.2 Å². The van der Waals surface area contributed by atoms with E-state index in [-0.39, 0.29) is 31.9 Å². The number of para-hydroxylation sites is 2. The molecule has 0 aliphatic heterocycles. The second-order valence-corrected chi connectivity index (χ2v) is 18.0.